The Bertz CT molecular complexity index is 8.00. The summed E-state index contributed by atoms with van der Waals surface area (Å²) in [6.45, 7) is 0. The summed E-state index contributed by atoms with van der Waals surface area (Å²) in [6, 6.07) is 0. The maximum Gasteiger partial charge on any atom is 0 e. The molecule has 4 heavy (non-hydrogen) atoms. The largest absolute Gasteiger partial charge is 0.0149 e. The summed E-state index contributed by atoms with van der Waals surface area (Å²) in [5, 5.41) is 0. The van der Waals surface area contributed by atoms with Crippen molar-refractivity contribution in [1.82, 2.24) is 0 Å². The molecule has 0 aliphatic rings. The van der Waals surface area contributed by atoms with Gasteiger partial charge in [-0.05, 0) is 11.0 Å². The summed E-state index contributed by atoms with van der Waals surface area (Å²) >= 11 is 0. The molecule has 0 aromatic rings. The summed E-state index contributed by atoms with van der Waals surface area (Å²) in [5.41, 5.74) is 0. The van der Waals surface area contributed by atoms with E-state index in [9.17, 15) is 0 Å². The number of hydrogen-bond acceptors (Lipinski definition) is 0. The van der Waals surface area contributed by atoms with E-state index in [1.807, 2.05) is 0 Å². The first-order valence-corrected chi connectivity index (χ1v) is 0. The summed E-state index contributed by atoms with van der Waals surface area (Å²) in [5.74, 6) is 0. The van der Waals surface area contributed by atoms with Gasteiger partial charge in [0.1, 0.15) is 0 Å². The summed E-state index contributed by atoms with van der Waals surface area (Å²) in [7, 11) is 0. The quantitative estimate of drug-likeness (QED) is 0.473. The molecular formula is H4CeSiTiV. The van der Waals surface area contributed by atoms with Crippen LogP contribution in [0, 0.1) is 41.7 Å². The van der Waals surface area contributed by atoms with Crippen molar-refractivity contribution in [2.45, 2.75) is 0 Å². The van der Waals surface area contributed by atoms with Gasteiger partial charge in [-0.1, -0.05) is 0 Å². The van der Waals surface area contributed by atoms with Crippen molar-refractivity contribution in [3.05, 3.63) is 0 Å². The van der Waals surface area contributed by atoms with E-state index in [1.54, 1.807) is 0 Å². The molecule has 0 amide bonds. The molecule has 0 aliphatic carbocycles. The van der Waals surface area contributed by atoms with Gasteiger partial charge < -0.3 is 0 Å². The molecule has 0 heterocycles. The van der Waals surface area contributed by atoms with Gasteiger partial charge in [-0.25, -0.2) is 0 Å². The second-order valence-corrected chi connectivity index (χ2v) is 0. The van der Waals surface area contributed by atoms with E-state index < -0.39 is 0 Å². The number of rotatable bonds is 0. The molecule has 21 valence electrons. The zero-order chi connectivity index (χ0) is 0. The Morgan fingerprint density at radius 1 is 1.00 bits per heavy atom. The minimum atomic E-state index is 0. The van der Waals surface area contributed by atoms with Crippen LogP contribution in [0.2, 0.25) is 0 Å². The van der Waals surface area contributed by atoms with Gasteiger partial charge in [0.05, 0.1) is 0 Å². The van der Waals surface area contributed by atoms with Gasteiger partial charge in [0, 0.05) is 82.0 Å². The van der Waals surface area contributed by atoms with Crippen LogP contribution in [-0.4, -0.2) is 11.0 Å². The van der Waals surface area contributed by atoms with E-state index >= 15 is 0 Å². The van der Waals surface area contributed by atoms with Gasteiger partial charge in [0.2, 0.25) is 0 Å². The van der Waals surface area contributed by atoms with Crippen LogP contribution in [0.25, 0.3) is 0 Å². The molecule has 4 heteroatoms. The van der Waals surface area contributed by atoms with Crippen molar-refractivity contribution in [2.75, 3.05) is 0 Å². The van der Waals surface area contributed by atoms with Crippen molar-refractivity contribution in [3.8, 4) is 0 Å². The zero-order valence-electron chi connectivity index (χ0n) is 1.45. The van der Waals surface area contributed by atoms with Gasteiger partial charge >= 0.3 is 0 Å². The van der Waals surface area contributed by atoms with Crippen molar-refractivity contribution < 1.29 is 82.0 Å². The Balaban J connectivity index is 0. The van der Waals surface area contributed by atoms with Gasteiger partial charge in [-0.15, -0.1) is 0 Å². The second-order valence-electron chi connectivity index (χ2n) is 0. The molecule has 0 aliphatic heterocycles. The maximum absolute atomic E-state index is 0. The molecule has 0 aromatic carbocycles. The molecule has 0 fully saturated rings. The standard InChI is InChI=1S/Ce.H4Si.Ti.V/h;1H4;;. The van der Waals surface area contributed by atoms with E-state index in [1.165, 1.54) is 0 Å². The Hall–Kier alpha value is 2.89. The Morgan fingerprint density at radius 3 is 1.00 bits per heavy atom. The minimum absolute atomic E-state index is 0. The monoisotopic (exact) mass is 271 g/mol. The van der Waals surface area contributed by atoms with Crippen LogP contribution >= 0.6 is 0 Å². The van der Waals surface area contributed by atoms with Crippen LogP contribution in [-0.2, 0) is 40.3 Å². The van der Waals surface area contributed by atoms with Crippen molar-refractivity contribution in [1.29, 1.82) is 0 Å². The third-order valence-corrected chi connectivity index (χ3v) is 0. The molecule has 0 saturated carbocycles. The average Bonchev–Trinajstić information content (AvgIpc) is 0. The number of hydrogen-bond donors (Lipinski definition) is 0. The van der Waals surface area contributed by atoms with Crippen LogP contribution in [0.1, 0.15) is 0 Å². The van der Waals surface area contributed by atoms with Crippen molar-refractivity contribution >= 4 is 11.0 Å². The van der Waals surface area contributed by atoms with E-state index in [2.05, 4.69) is 0 Å². The molecular weight excluding hydrogens is 267 g/mol. The fourth-order valence-electron chi connectivity index (χ4n) is 0. The first-order chi connectivity index (χ1) is 0. The van der Waals surface area contributed by atoms with Gasteiger partial charge in [0.25, 0.3) is 0 Å². The smallest absolute Gasteiger partial charge is 0 e. The molecule has 0 aromatic heterocycles. The molecule has 0 saturated heterocycles. The van der Waals surface area contributed by atoms with E-state index in [4.69, 9.17) is 0 Å². The van der Waals surface area contributed by atoms with E-state index in [0.29, 0.717) is 0 Å². The predicted molar refractivity (Wildman–Crippen MR) is 11.3 cm³/mol. The first kappa shape index (κ1) is 28.6. The molecule has 0 nitrogen and oxygen atoms in total. The molecule has 0 unspecified atom stereocenters. The van der Waals surface area contributed by atoms with Crippen LogP contribution in [0.3, 0.4) is 0 Å². The molecule has 0 atom stereocenters. The Labute approximate surface area is 91.0 Å². The van der Waals surface area contributed by atoms with Crippen LogP contribution in [0.5, 0.6) is 0 Å². The summed E-state index contributed by atoms with van der Waals surface area (Å²) in [6.07, 6.45) is 0. The van der Waals surface area contributed by atoms with Crippen LogP contribution in [0.15, 0.2) is 0 Å². The van der Waals surface area contributed by atoms with Gasteiger partial charge in [0.15, 0.2) is 0 Å². The molecule has 0 bridgehead atoms. The topological polar surface area (TPSA) is 0 Å². The molecule has 1 radical (unpaired) electrons. The summed E-state index contributed by atoms with van der Waals surface area (Å²) < 4.78 is 0. The van der Waals surface area contributed by atoms with Gasteiger partial charge in [-0.3, -0.25) is 0 Å². The summed E-state index contributed by atoms with van der Waals surface area (Å²) in [4.78, 5) is 0. The molecule has 0 N–H and O–H groups in total. The SMILES string of the molecule is [Ce].[SiH4].[Ti].[V]. The van der Waals surface area contributed by atoms with Crippen molar-refractivity contribution in [3.63, 3.8) is 0 Å². The second kappa shape index (κ2) is 16.9. The molecule has 0 rings (SSSR count). The fraction of sp³-hybridized carbons (Fsp3) is 0. The fourth-order valence-corrected chi connectivity index (χ4v) is 0. The Kier molecular flexibility index (Phi) is 121. The normalized spacial score (nSPS) is 0. The average molecular weight is 271 g/mol. The third-order valence-electron chi connectivity index (χ3n) is 0. The Morgan fingerprint density at radius 2 is 1.00 bits per heavy atom. The zero-order valence-corrected chi connectivity index (χ0v) is 7.55. The first-order valence-electron chi connectivity index (χ1n) is 0. The minimum Gasteiger partial charge on any atom is -0.0149 e. The van der Waals surface area contributed by atoms with Crippen LogP contribution in [0.4, 0.5) is 0 Å². The van der Waals surface area contributed by atoms with Gasteiger partial charge in [-0.2, -0.15) is 0 Å². The van der Waals surface area contributed by atoms with Crippen molar-refractivity contribution in [2.24, 2.45) is 0 Å². The molecule has 0 spiro atoms. The third kappa shape index (κ3) is 8.86. The van der Waals surface area contributed by atoms with Crippen LogP contribution < -0.4 is 0 Å². The van der Waals surface area contributed by atoms with E-state index in [0.717, 1.165) is 0 Å². The predicted octanol–water partition coefficient (Wildman–Crippen LogP) is -1.46. The maximum atomic E-state index is 0. The van der Waals surface area contributed by atoms with E-state index in [-0.39, 0.29) is 93.0 Å².